The number of hydrogen-bond acceptors (Lipinski definition) is 5. The number of rotatable bonds is 10. The van der Waals surface area contributed by atoms with Crippen LogP contribution in [0.15, 0.2) is 84.9 Å². The van der Waals surface area contributed by atoms with Gasteiger partial charge in [-0.15, -0.1) is 4.52 Å². The van der Waals surface area contributed by atoms with Crippen molar-refractivity contribution in [2.75, 3.05) is 12.8 Å². The maximum absolute atomic E-state index is 14.0. The molecule has 6 nitrogen and oxygen atoms in total. The van der Waals surface area contributed by atoms with Crippen LogP contribution in [0.25, 0.3) is 33.5 Å². The number of carbonyl (C=O) groups is 1. The van der Waals surface area contributed by atoms with Crippen LogP contribution in [0.3, 0.4) is 0 Å². The molecule has 4 rings (SSSR count). The molecule has 0 aliphatic rings. The number of nitrogens with zero attached hydrogens (tertiary/aromatic N) is 1. The number of carboxylic acid groups (broad SMARTS) is 1. The minimum Gasteiger partial charge on any atom is -0.481 e. The first-order chi connectivity index (χ1) is 19.7. The van der Waals surface area contributed by atoms with E-state index in [0.717, 1.165) is 39.2 Å². The average Bonchev–Trinajstić information content (AvgIpc) is 2.95. The summed E-state index contributed by atoms with van der Waals surface area (Å²) in [5, 5.41) is 18.5. The first-order valence-electron chi connectivity index (χ1n) is 13.2. The Morgan fingerprint density at radius 1 is 0.927 bits per heavy atom. The summed E-state index contributed by atoms with van der Waals surface area (Å²) in [6.45, 7) is 3.85. The fourth-order valence-corrected chi connectivity index (χ4v) is 5.25. The average molecular weight is 571 g/mol. The molecule has 0 fully saturated rings. The largest absolute Gasteiger partial charge is 0.511 e. The number of aromatic nitrogens is 1. The smallest absolute Gasteiger partial charge is 0.481 e. The van der Waals surface area contributed by atoms with Crippen molar-refractivity contribution in [1.29, 1.82) is 0 Å². The highest BCUT2D eigenvalue weighted by Crippen LogP contribution is 2.43. The topological polar surface area (TPSA) is 96.7 Å². The third-order valence-corrected chi connectivity index (χ3v) is 7.42. The van der Waals surface area contributed by atoms with Gasteiger partial charge in [-0.05, 0) is 33.7 Å². The van der Waals surface area contributed by atoms with Crippen molar-refractivity contribution < 1.29 is 28.5 Å². The monoisotopic (exact) mass is 570 g/mol. The van der Waals surface area contributed by atoms with Gasteiger partial charge in [0, 0.05) is 16.7 Å². The van der Waals surface area contributed by atoms with E-state index in [9.17, 15) is 18.9 Å². The molecule has 0 bridgehead atoms. The maximum Gasteiger partial charge on any atom is 0.511 e. The van der Waals surface area contributed by atoms with Gasteiger partial charge < -0.3 is 10.2 Å². The van der Waals surface area contributed by atoms with E-state index >= 15 is 0 Å². The van der Waals surface area contributed by atoms with Gasteiger partial charge in [-0.1, -0.05) is 98.5 Å². The lowest BCUT2D eigenvalue weighted by molar-refractivity contribution is -0.138. The number of aliphatic carboxylic acids is 1. The van der Waals surface area contributed by atoms with Gasteiger partial charge in [0.1, 0.15) is 11.9 Å². The highest BCUT2D eigenvalue weighted by Gasteiger charge is 2.26. The van der Waals surface area contributed by atoms with E-state index in [1.807, 2.05) is 74.5 Å². The van der Waals surface area contributed by atoms with Crippen LogP contribution in [0.2, 0.25) is 0 Å². The van der Waals surface area contributed by atoms with Gasteiger partial charge in [-0.25, -0.2) is 4.39 Å². The van der Waals surface area contributed by atoms with Gasteiger partial charge in [-0.2, -0.15) is 0 Å². The number of hydrogen-bond donors (Lipinski definition) is 2. The summed E-state index contributed by atoms with van der Waals surface area (Å²) in [7, 11) is -2.31. The van der Waals surface area contributed by atoms with Crippen LogP contribution in [0.5, 0.6) is 0 Å². The summed E-state index contributed by atoms with van der Waals surface area (Å²) >= 11 is 0. The standard InChI is InChI=1S/C33H29FNO5P/c1-22(2)32-28(14-9-19-40-41(39)21-27(36)20-29(37)38)30(24-15-17-26(34)18-16-24)31(23-10-5-3-6-11-23)33(35-32)25-12-7-4-8-13-25/h3-8,10-13,15-18,22,27,36H,19-21H2,1-2H3/p+1/t27-/m0/s1. The molecule has 1 aromatic heterocycles. The number of benzene rings is 3. The van der Waals surface area contributed by atoms with Crippen molar-refractivity contribution in [3.05, 3.63) is 102 Å². The molecular formula is C33H30FNO5P+. The molecule has 1 unspecified atom stereocenters. The molecular weight excluding hydrogens is 540 g/mol. The van der Waals surface area contributed by atoms with Crippen LogP contribution in [-0.2, 0) is 13.9 Å². The first kappa shape index (κ1) is 29.8. The molecule has 208 valence electrons. The van der Waals surface area contributed by atoms with Gasteiger partial charge in [0.25, 0.3) is 0 Å². The lowest BCUT2D eigenvalue weighted by Crippen LogP contribution is -2.15. The van der Waals surface area contributed by atoms with Crippen molar-refractivity contribution in [3.8, 4) is 45.4 Å². The zero-order chi connectivity index (χ0) is 29.4. The van der Waals surface area contributed by atoms with E-state index in [0.29, 0.717) is 5.56 Å². The van der Waals surface area contributed by atoms with E-state index < -0.39 is 26.5 Å². The summed E-state index contributed by atoms with van der Waals surface area (Å²) in [6, 6.07) is 26.0. The Kier molecular flexibility index (Phi) is 10.1. The van der Waals surface area contributed by atoms with Crippen molar-refractivity contribution in [2.24, 2.45) is 0 Å². The van der Waals surface area contributed by atoms with Gasteiger partial charge in [0.2, 0.25) is 6.16 Å². The number of pyridine rings is 1. The highest BCUT2D eigenvalue weighted by atomic mass is 31.1. The molecule has 0 radical (unpaired) electrons. The Morgan fingerprint density at radius 2 is 1.51 bits per heavy atom. The quantitative estimate of drug-likeness (QED) is 0.154. The van der Waals surface area contributed by atoms with Crippen LogP contribution < -0.4 is 0 Å². The molecule has 0 aliphatic heterocycles. The SMILES string of the molecule is CC(C)c1nc(-c2ccccc2)c(-c2ccccc2)c(-c2ccc(F)cc2)c1C#CCO[P+](=O)C[C@@H](O)CC(=O)O. The summed E-state index contributed by atoms with van der Waals surface area (Å²) in [4.78, 5) is 15.9. The van der Waals surface area contributed by atoms with E-state index in [-0.39, 0.29) is 24.5 Å². The van der Waals surface area contributed by atoms with Crippen LogP contribution in [0.4, 0.5) is 4.39 Å². The molecule has 0 aliphatic carbocycles. The van der Waals surface area contributed by atoms with Crippen LogP contribution >= 0.6 is 8.03 Å². The van der Waals surface area contributed by atoms with Crippen molar-refractivity contribution >= 4 is 14.0 Å². The molecule has 8 heteroatoms. The lowest BCUT2D eigenvalue weighted by Gasteiger charge is -2.22. The zero-order valence-corrected chi connectivity index (χ0v) is 23.6. The van der Waals surface area contributed by atoms with Crippen LogP contribution in [0.1, 0.15) is 37.4 Å². The molecule has 2 N–H and O–H groups in total. The second-order valence-corrected chi connectivity index (χ2v) is 11.0. The Balaban J connectivity index is 1.88. The molecule has 4 aromatic rings. The fourth-order valence-electron chi connectivity index (χ4n) is 4.46. The second-order valence-electron chi connectivity index (χ2n) is 9.71. The van der Waals surface area contributed by atoms with Crippen molar-refractivity contribution in [1.82, 2.24) is 4.98 Å². The molecule has 0 spiro atoms. The Morgan fingerprint density at radius 3 is 2.10 bits per heavy atom. The van der Waals surface area contributed by atoms with Crippen molar-refractivity contribution in [3.63, 3.8) is 0 Å². The molecule has 0 amide bonds. The third-order valence-electron chi connectivity index (χ3n) is 6.28. The zero-order valence-electron chi connectivity index (χ0n) is 22.8. The summed E-state index contributed by atoms with van der Waals surface area (Å²) in [6.07, 6.45) is -2.09. The number of aliphatic hydroxyl groups is 1. The minimum atomic E-state index is -2.31. The Labute approximate surface area is 239 Å². The summed E-state index contributed by atoms with van der Waals surface area (Å²) in [5.74, 6) is 4.56. The molecule has 0 saturated heterocycles. The molecule has 3 aromatic carbocycles. The Bertz CT molecular complexity index is 1580. The molecule has 1 heterocycles. The van der Waals surface area contributed by atoms with Crippen LogP contribution in [0, 0.1) is 17.7 Å². The van der Waals surface area contributed by atoms with Gasteiger partial charge >= 0.3 is 14.0 Å². The predicted octanol–water partition coefficient (Wildman–Crippen LogP) is 7.29. The van der Waals surface area contributed by atoms with E-state index in [1.54, 1.807) is 12.1 Å². The van der Waals surface area contributed by atoms with E-state index in [4.69, 9.17) is 14.6 Å². The maximum atomic E-state index is 14.0. The third kappa shape index (κ3) is 7.71. The normalized spacial score (nSPS) is 12.0. The van der Waals surface area contributed by atoms with E-state index in [1.165, 1.54) is 12.1 Å². The second kappa shape index (κ2) is 13.9. The van der Waals surface area contributed by atoms with Gasteiger partial charge in [0.05, 0.1) is 23.4 Å². The molecule has 2 atom stereocenters. The lowest BCUT2D eigenvalue weighted by atomic mass is 9.85. The molecule has 0 saturated carbocycles. The number of halogens is 1. The fraction of sp³-hybridized carbons (Fsp3) is 0.212. The Hall–Kier alpha value is -4.21. The predicted molar refractivity (Wildman–Crippen MR) is 158 cm³/mol. The summed E-state index contributed by atoms with van der Waals surface area (Å²) < 4.78 is 31.6. The van der Waals surface area contributed by atoms with Gasteiger partial charge in [0.15, 0.2) is 6.61 Å². The van der Waals surface area contributed by atoms with E-state index in [2.05, 4.69) is 11.8 Å². The minimum absolute atomic E-state index is 0.0190. The van der Waals surface area contributed by atoms with Gasteiger partial charge in [-0.3, -0.25) is 9.78 Å². The van der Waals surface area contributed by atoms with Crippen LogP contribution in [-0.4, -0.2) is 40.0 Å². The first-order valence-corrected chi connectivity index (χ1v) is 14.5. The molecule has 41 heavy (non-hydrogen) atoms. The number of carboxylic acids is 1. The number of aliphatic hydroxyl groups excluding tert-OH is 1. The summed E-state index contributed by atoms with van der Waals surface area (Å²) in [5.41, 5.74) is 6.42. The highest BCUT2D eigenvalue weighted by molar-refractivity contribution is 7.39. The van der Waals surface area contributed by atoms with Crippen molar-refractivity contribution in [2.45, 2.75) is 32.3 Å².